The molecule has 4 heteroatoms. The van der Waals surface area contributed by atoms with Crippen molar-refractivity contribution in [2.24, 2.45) is 5.92 Å². The lowest BCUT2D eigenvalue weighted by Crippen LogP contribution is -2.36. The molecule has 0 aromatic heterocycles. The zero-order valence-corrected chi connectivity index (χ0v) is 9.40. The molecule has 3 aliphatic rings. The third kappa shape index (κ3) is 1.22. The molecule has 4 nitrogen and oxygen atoms in total. The second-order valence-electron chi connectivity index (χ2n) is 5.30. The van der Waals surface area contributed by atoms with E-state index in [1.165, 1.54) is 0 Å². The largest absolute Gasteiger partial charge is 0.387 e. The van der Waals surface area contributed by atoms with Gasteiger partial charge in [-0.05, 0) is 26.2 Å². The first-order chi connectivity index (χ1) is 6.98. The highest BCUT2D eigenvalue weighted by Crippen LogP contribution is 2.59. The molecule has 2 saturated heterocycles. The van der Waals surface area contributed by atoms with Gasteiger partial charge in [0.2, 0.25) is 0 Å². The molecule has 0 aromatic rings. The summed E-state index contributed by atoms with van der Waals surface area (Å²) in [6, 6.07) is 0. The molecule has 0 bridgehead atoms. The fraction of sp³-hybridized carbons (Fsp3) is 1.00. The van der Waals surface area contributed by atoms with E-state index in [4.69, 9.17) is 14.2 Å². The van der Waals surface area contributed by atoms with Crippen LogP contribution >= 0.6 is 0 Å². The SMILES string of the molecule is CC[C@@H]1C[C@]12O[C@@H]1OC(C)(C)O[C@H]1C2O. The van der Waals surface area contributed by atoms with Crippen molar-refractivity contribution in [1.29, 1.82) is 0 Å². The normalized spacial score (nSPS) is 56.0. The number of aliphatic hydroxyl groups excluding tert-OH is 1. The highest BCUT2D eigenvalue weighted by Gasteiger charge is 2.71. The van der Waals surface area contributed by atoms with Crippen molar-refractivity contribution in [3.63, 3.8) is 0 Å². The molecule has 0 aromatic carbocycles. The zero-order valence-electron chi connectivity index (χ0n) is 9.40. The van der Waals surface area contributed by atoms with E-state index in [2.05, 4.69) is 6.92 Å². The molecule has 3 rings (SSSR count). The Hall–Kier alpha value is -0.160. The zero-order chi connectivity index (χ0) is 10.8. The van der Waals surface area contributed by atoms with E-state index in [1.54, 1.807) is 0 Å². The van der Waals surface area contributed by atoms with E-state index in [-0.39, 0.29) is 18.0 Å². The van der Waals surface area contributed by atoms with Crippen molar-refractivity contribution in [1.82, 2.24) is 0 Å². The third-order valence-corrected chi connectivity index (χ3v) is 3.82. The summed E-state index contributed by atoms with van der Waals surface area (Å²) < 4.78 is 17.1. The summed E-state index contributed by atoms with van der Waals surface area (Å²) in [7, 11) is 0. The summed E-state index contributed by atoms with van der Waals surface area (Å²) in [4.78, 5) is 0. The highest BCUT2D eigenvalue weighted by atomic mass is 16.8. The molecule has 3 fully saturated rings. The predicted octanol–water partition coefficient (Wildman–Crippen LogP) is 1.02. The van der Waals surface area contributed by atoms with E-state index < -0.39 is 11.9 Å². The molecule has 2 heterocycles. The molecule has 5 atom stereocenters. The number of aliphatic hydroxyl groups is 1. The average molecular weight is 214 g/mol. The van der Waals surface area contributed by atoms with Gasteiger partial charge in [-0.1, -0.05) is 13.3 Å². The van der Waals surface area contributed by atoms with Crippen molar-refractivity contribution in [2.75, 3.05) is 0 Å². The number of rotatable bonds is 1. The van der Waals surface area contributed by atoms with Crippen molar-refractivity contribution in [2.45, 2.75) is 63.5 Å². The Kier molecular flexibility index (Phi) is 1.83. The van der Waals surface area contributed by atoms with Crippen LogP contribution in [-0.2, 0) is 14.2 Å². The molecule has 0 radical (unpaired) electrons. The maximum Gasteiger partial charge on any atom is 0.190 e. The first-order valence-corrected chi connectivity index (χ1v) is 5.70. The maximum atomic E-state index is 10.2. The Morgan fingerprint density at radius 3 is 2.53 bits per heavy atom. The van der Waals surface area contributed by atoms with Gasteiger partial charge in [-0.25, -0.2) is 0 Å². The lowest BCUT2D eigenvalue weighted by molar-refractivity contribution is -0.222. The summed E-state index contributed by atoms with van der Waals surface area (Å²) in [6.45, 7) is 5.81. The Morgan fingerprint density at radius 2 is 2.00 bits per heavy atom. The maximum absolute atomic E-state index is 10.2. The van der Waals surface area contributed by atoms with E-state index in [9.17, 15) is 5.11 Å². The van der Waals surface area contributed by atoms with Gasteiger partial charge in [-0.2, -0.15) is 0 Å². The van der Waals surface area contributed by atoms with Gasteiger partial charge in [0.1, 0.15) is 17.8 Å². The standard InChI is InChI=1S/C11H18O4/c1-4-6-5-11(6)8(12)7-9(15-11)14-10(2,3)13-7/h6-9,12H,4-5H2,1-3H3/t6-,7+,8?,9+,11+/m1/s1. The predicted molar refractivity (Wildman–Crippen MR) is 52.0 cm³/mol. The van der Waals surface area contributed by atoms with Crippen LogP contribution in [0, 0.1) is 5.92 Å². The van der Waals surface area contributed by atoms with E-state index in [0.29, 0.717) is 5.92 Å². The van der Waals surface area contributed by atoms with Crippen molar-refractivity contribution < 1.29 is 19.3 Å². The van der Waals surface area contributed by atoms with Gasteiger partial charge in [-0.3, -0.25) is 0 Å². The smallest absolute Gasteiger partial charge is 0.190 e. The van der Waals surface area contributed by atoms with Gasteiger partial charge < -0.3 is 19.3 Å². The van der Waals surface area contributed by atoms with Gasteiger partial charge in [0.15, 0.2) is 12.1 Å². The quantitative estimate of drug-likeness (QED) is 0.708. The van der Waals surface area contributed by atoms with Gasteiger partial charge in [-0.15, -0.1) is 0 Å². The van der Waals surface area contributed by atoms with E-state index in [1.807, 2.05) is 13.8 Å². The van der Waals surface area contributed by atoms with Crippen molar-refractivity contribution in [3.8, 4) is 0 Å². The molecular weight excluding hydrogens is 196 g/mol. The number of hydrogen-bond donors (Lipinski definition) is 1. The molecule has 15 heavy (non-hydrogen) atoms. The Bertz CT molecular complexity index is 290. The van der Waals surface area contributed by atoms with E-state index in [0.717, 1.165) is 12.8 Å². The molecule has 1 unspecified atom stereocenters. The summed E-state index contributed by atoms with van der Waals surface area (Å²) >= 11 is 0. The minimum atomic E-state index is -0.630. The van der Waals surface area contributed by atoms with Crippen LogP contribution in [-0.4, -0.2) is 35.0 Å². The second kappa shape index (κ2) is 2.74. The first kappa shape index (κ1) is 10.0. The van der Waals surface area contributed by atoms with E-state index >= 15 is 0 Å². The molecule has 0 amide bonds. The monoisotopic (exact) mass is 214 g/mol. The molecule has 86 valence electrons. The minimum absolute atomic E-state index is 0.309. The summed E-state index contributed by atoms with van der Waals surface area (Å²) in [5.74, 6) is -0.164. The van der Waals surface area contributed by atoms with Gasteiger partial charge in [0, 0.05) is 0 Å². The van der Waals surface area contributed by atoms with Crippen LogP contribution < -0.4 is 0 Å². The van der Waals surface area contributed by atoms with Crippen molar-refractivity contribution >= 4 is 0 Å². The van der Waals surface area contributed by atoms with Crippen LogP contribution in [0.5, 0.6) is 0 Å². The lowest BCUT2D eigenvalue weighted by atomic mass is 10.1. The van der Waals surface area contributed by atoms with Crippen LogP contribution in [0.15, 0.2) is 0 Å². The summed E-state index contributed by atoms with van der Waals surface area (Å²) in [5.41, 5.74) is -0.361. The highest BCUT2D eigenvalue weighted by molar-refractivity contribution is 5.16. The second-order valence-corrected chi connectivity index (χ2v) is 5.30. The fourth-order valence-corrected chi connectivity index (χ4v) is 2.95. The topological polar surface area (TPSA) is 47.9 Å². The van der Waals surface area contributed by atoms with Crippen LogP contribution in [0.1, 0.15) is 33.6 Å². The van der Waals surface area contributed by atoms with Crippen LogP contribution in [0.25, 0.3) is 0 Å². The summed E-state index contributed by atoms with van der Waals surface area (Å²) in [6.07, 6.45) is 0.752. The van der Waals surface area contributed by atoms with Crippen LogP contribution in [0.4, 0.5) is 0 Å². The van der Waals surface area contributed by atoms with Crippen LogP contribution in [0.3, 0.4) is 0 Å². The number of hydrogen-bond acceptors (Lipinski definition) is 4. The molecule has 1 saturated carbocycles. The van der Waals surface area contributed by atoms with Gasteiger partial charge >= 0.3 is 0 Å². The fourth-order valence-electron chi connectivity index (χ4n) is 2.95. The molecule has 1 N–H and O–H groups in total. The summed E-state index contributed by atoms with van der Waals surface area (Å²) in [5, 5.41) is 10.2. The minimum Gasteiger partial charge on any atom is -0.387 e. The third-order valence-electron chi connectivity index (χ3n) is 3.82. The Labute approximate surface area is 89.5 Å². The first-order valence-electron chi connectivity index (χ1n) is 5.70. The lowest BCUT2D eigenvalue weighted by Gasteiger charge is -2.23. The van der Waals surface area contributed by atoms with Crippen molar-refractivity contribution in [3.05, 3.63) is 0 Å². The Morgan fingerprint density at radius 1 is 1.27 bits per heavy atom. The Balaban J connectivity index is 1.78. The average Bonchev–Trinajstić information content (AvgIpc) is 2.71. The van der Waals surface area contributed by atoms with Gasteiger partial charge in [0.05, 0.1) is 0 Å². The number of fused-ring (bicyclic) bond motifs is 1. The molecular formula is C11H18O4. The number of ether oxygens (including phenoxy) is 3. The molecule has 1 aliphatic carbocycles. The molecule has 1 spiro atoms. The molecule has 2 aliphatic heterocycles. The van der Waals surface area contributed by atoms with Gasteiger partial charge in [0.25, 0.3) is 0 Å². The van der Waals surface area contributed by atoms with Crippen LogP contribution in [0.2, 0.25) is 0 Å².